The van der Waals surface area contributed by atoms with Crippen molar-refractivity contribution in [3.05, 3.63) is 75.7 Å². The van der Waals surface area contributed by atoms with Crippen molar-refractivity contribution in [2.45, 2.75) is 26.3 Å². The zero-order valence-corrected chi connectivity index (χ0v) is 17.4. The SMILES string of the molecule is COc1ccc(CCn2ccc(C)c(C(=O)NCCc3ncc[nH]3)c2=O)cc1OC. The Morgan fingerprint density at radius 3 is 2.67 bits per heavy atom. The third-order valence-corrected chi connectivity index (χ3v) is 4.89. The second-order valence-electron chi connectivity index (χ2n) is 6.85. The normalized spacial score (nSPS) is 10.6. The third-order valence-electron chi connectivity index (χ3n) is 4.89. The van der Waals surface area contributed by atoms with Gasteiger partial charge in [0, 0.05) is 38.1 Å². The number of nitrogens with zero attached hydrogens (tertiary/aromatic N) is 2. The monoisotopic (exact) mass is 410 g/mol. The summed E-state index contributed by atoms with van der Waals surface area (Å²) in [6.07, 6.45) is 6.30. The summed E-state index contributed by atoms with van der Waals surface area (Å²) in [5.74, 6) is 1.71. The summed E-state index contributed by atoms with van der Waals surface area (Å²) < 4.78 is 12.1. The van der Waals surface area contributed by atoms with Crippen LogP contribution < -0.4 is 20.3 Å². The van der Waals surface area contributed by atoms with Crippen LogP contribution in [0.5, 0.6) is 11.5 Å². The minimum Gasteiger partial charge on any atom is -0.493 e. The van der Waals surface area contributed by atoms with Gasteiger partial charge in [0.1, 0.15) is 11.4 Å². The quantitative estimate of drug-likeness (QED) is 0.563. The van der Waals surface area contributed by atoms with Crippen molar-refractivity contribution in [3.63, 3.8) is 0 Å². The minimum absolute atomic E-state index is 0.171. The molecule has 0 fully saturated rings. The molecule has 158 valence electrons. The van der Waals surface area contributed by atoms with E-state index >= 15 is 0 Å². The maximum atomic E-state index is 12.9. The molecule has 0 spiro atoms. The molecule has 30 heavy (non-hydrogen) atoms. The Labute approximate surface area is 174 Å². The first-order valence-electron chi connectivity index (χ1n) is 9.71. The Morgan fingerprint density at radius 2 is 1.97 bits per heavy atom. The second kappa shape index (κ2) is 9.78. The number of hydrogen-bond acceptors (Lipinski definition) is 5. The molecule has 2 aromatic heterocycles. The molecule has 3 rings (SSSR count). The number of aromatic nitrogens is 3. The highest BCUT2D eigenvalue weighted by Crippen LogP contribution is 2.27. The van der Waals surface area contributed by atoms with E-state index in [1.165, 1.54) is 0 Å². The number of H-pyrrole nitrogens is 1. The van der Waals surface area contributed by atoms with Crippen LogP contribution in [0.3, 0.4) is 0 Å². The molecular formula is C22H26N4O4. The highest BCUT2D eigenvalue weighted by molar-refractivity contribution is 5.95. The predicted octanol–water partition coefficient (Wildman–Crippen LogP) is 2.11. The van der Waals surface area contributed by atoms with Crippen LogP contribution in [0, 0.1) is 6.92 Å². The number of imidazole rings is 1. The molecule has 3 aromatic rings. The molecule has 0 atom stereocenters. The van der Waals surface area contributed by atoms with Crippen LogP contribution >= 0.6 is 0 Å². The molecule has 0 aliphatic heterocycles. The molecule has 0 unspecified atom stereocenters. The van der Waals surface area contributed by atoms with E-state index in [0.29, 0.717) is 43.0 Å². The Morgan fingerprint density at radius 1 is 1.17 bits per heavy atom. The Kier molecular flexibility index (Phi) is 6.90. The molecule has 2 N–H and O–H groups in total. The van der Waals surface area contributed by atoms with Gasteiger partial charge in [-0.2, -0.15) is 0 Å². The highest BCUT2D eigenvalue weighted by atomic mass is 16.5. The Hall–Kier alpha value is -3.55. The summed E-state index contributed by atoms with van der Waals surface area (Å²) in [4.78, 5) is 32.6. The summed E-state index contributed by atoms with van der Waals surface area (Å²) in [5.41, 5.74) is 1.53. The van der Waals surface area contributed by atoms with E-state index in [1.807, 2.05) is 18.2 Å². The number of carbonyl (C=O) groups excluding carboxylic acids is 1. The van der Waals surface area contributed by atoms with Gasteiger partial charge in [-0.3, -0.25) is 9.59 Å². The fraction of sp³-hybridized carbons (Fsp3) is 0.318. The van der Waals surface area contributed by atoms with Crippen LogP contribution in [0.15, 0.2) is 47.7 Å². The third kappa shape index (κ3) is 4.89. The standard InChI is InChI=1S/C22H26N4O4/c1-15-7-12-26(13-8-16-4-5-17(29-2)18(14-16)30-3)22(28)20(15)21(27)25-9-6-19-23-10-11-24-19/h4-5,7,10-12,14H,6,8-9,13H2,1-3H3,(H,23,24)(H,25,27). The lowest BCUT2D eigenvalue weighted by Gasteiger charge is -2.12. The summed E-state index contributed by atoms with van der Waals surface area (Å²) >= 11 is 0. The fourth-order valence-corrected chi connectivity index (χ4v) is 3.22. The molecule has 8 nitrogen and oxygen atoms in total. The van der Waals surface area contributed by atoms with Gasteiger partial charge in [0.15, 0.2) is 11.5 Å². The smallest absolute Gasteiger partial charge is 0.263 e. The van der Waals surface area contributed by atoms with Crippen LogP contribution in [0.2, 0.25) is 0 Å². The van der Waals surface area contributed by atoms with Crippen LogP contribution in [0.4, 0.5) is 0 Å². The van der Waals surface area contributed by atoms with Crippen molar-refractivity contribution >= 4 is 5.91 Å². The van der Waals surface area contributed by atoms with Gasteiger partial charge in [0.05, 0.1) is 14.2 Å². The predicted molar refractivity (Wildman–Crippen MR) is 113 cm³/mol. The summed E-state index contributed by atoms with van der Waals surface area (Å²) in [7, 11) is 3.17. The van der Waals surface area contributed by atoms with Gasteiger partial charge < -0.3 is 24.3 Å². The molecule has 0 aliphatic rings. The lowest BCUT2D eigenvalue weighted by atomic mass is 10.1. The van der Waals surface area contributed by atoms with Crippen molar-refractivity contribution in [1.29, 1.82) is 0 Å². The van der Waals surface area contributed by atoms with E-state index in [1.54, 1.807) is 50.4 Å². The molecule has 0 radical (unpaired) electrons. The highest BCUT2D eigenvalue weighted by Gasteiger charge is 2.16. The second-order valence-corrected chi connectivity index (χ2v) is 6.85. The van der Waals surface area contributed by atoms with Gasteiger partial charge in [-0.15, -0.1) is 0 Å². The number of pyridine rings is 1. The van der Waals surface area contributed by atoms with E-state index in [9.17, 15) is 9.59 Å². The van der Waals surface area contributed by atoms with Crippen LogP contribution in [0.1, 0.15) is 27.3 Å². The molecule has 0 saturated carbocycles. The molecule has 0 bridgehead atoms. The first kappa shape index (κ1) is 21.2. The molecule has 0 aliphatic carbocycles. The summed E-state index contributed by atoms with van der Waals surface area (Å²) in [6, 6.07) is 7.45. The number of rotatable bonds is 9. The lowest BCUT2D eigenvalue weighted by Crippen LogP contribution is -2.35. The Balaban J connectivity index is 1.69. The number of methoxy groups -OCH3 is 2. The maximum Gasteiger partial charge on any atom is 0.263 e. The lowest BCUT2D eigenvalue weighted by molar-refractivity contribution is 0.0951. The van der Waals surface area contributed by atoms with Crippen molar-refractivity contribution in [2.24, 2.45) is 0 Å². The topological polar surface area (TPSA) is 98.2 Å². The zero-order valence-electron chi connectivity index (χ0n) is 17.4. The number of aromatic amines is 1. The van der Waals surface area contributed by atoms with Crippen LogP contribution in [-0.2, 0) is 19.4 Å². The average molecular weight is 410 g/mol. The molecule has 0 saturated heterocycles. The van der Waals surface area contributed by atoms with Crippen molar-refractivity contribution in [3.8, 4) is 11.5 Å². The van der Waals surface area contributed by atoms with Gasteiger partial charge in [0.25, 0.3) is 11.5 Å². The largest absolute Gasteiger partial charge is 0.493 e. The first-order valence-corrected chi connectivity index (χ1v) is 9.71. The number of ether oxygens (including phenoxy) is 2. The van der Waals surface area contributed by atoms with Crippen LogP contribution in [-0.4, -0.2) is 41.2 Å². The number of aryl methyl sites for hydroxylation is 3. The van der Waals surface area contributed by atoms with Crippen molar-refractivity contribution in [2.75, 3.05) is 20.8 Å². The van der Waals surface area contributed by atoms with Gasteiger partial charge in [0.2, 0.25) is 0 Å². The molecular weight excluding hydrogens is 384 g/mol. The summed E-state index contributed by atoms with van der Waals surface area (Å²) in [6.45, 7) is 2.61. The van der Waals surface area contributed by atoms with E-state index in [-0.39, 0.29) is 17.0 Å². The number of carbonyl (C=O) groups is 1. The van der Waals surface area contributed by atoms with Gasteiger partial charge in [-0.25, -0.2) is 4.98 Å². The van der Waals surface area contributed by atoms with Crippen LogP contribution in [0.25, 0.3) is 0 Å². The van der Waals surface area contributed by atoms with E-state index in [2.05, 4.69) is 15.3 Å². The van der Waals surface area contributed by atoms with Crippen molar-refractivity contribution < 1.29 is 14.3 Å². The molecule has 2 heterocycles. The molecule has 1 aromatic carbocycles. The number of benzene rings is 1. The van der Waals surface area contributed by atoms with Gasteiger partial charge in [-0.1, -0.05) is 6.07 Å². The first-order chi connectivity index (χ1) is 14.5. The van der Waals surface area contributed by atoms with E-state index in [0.717, 1.165) is 11.4 Å². The van der Waals surface area contributed by atoms with Gasteiger partial charge in [-0.05, 0) is 42.7 Å². The number of hydrogen-bond donors (Lipinski definition) is 2. The van der Waals surface area contributed by atoms with Gasteiger partial charge >= 0.3 is 0 Å². The zero-order chi connectivity index (χ0) is 21.5. The summed E-state index contributed by atoms with van der Waals surface area (Å²) in [5, 5.41) is 2.80. The maximum absolute atomic E-state index is 12.9. The molecule has 8 heteroatoms. The van der Waals surface area contributed by atoms with E-state index < -0.39 is 0 Å². The number of amides is 1. The van der Waals surface area contributed by atoms with E-state index in [4.69, 9.17) is 9.47 Å². The average Bonchev–Trinajstić information content (AvgIpc) is 3.26. The van der Waals surface area contributed by atoms with Crippen molar-refractivity contribution in [1.82, 2.24) is 19.9 Å². The minimum atomic E-state index is -0.371. The molecule has 1 amide bonds. The Bertz CT molecular complexity index is 1060. The number of nitrogens with one attached hydrogen (secondary N) is 2. The fourth-order valence-electron chi connectivity index (χ4n) is 3.22.